The normalized spacial score (nSPS) is 12.3. The predicted molar refractivity (Wildman–Crippen MR) is 61.2 cm³/mol. The number of sulfonamides is 1. The van der Waals surface area contributed by atoms with E-state index in [-0.39, 0.29) is 5.75 Å². The van der Waals surface area contributed by atoms with Gasteiger partial charge in [-0.2, -0.15) is 0 Å². The Hall–Kier alpha value is 0.200. The van der Waals surface area contributed by atoms with E-state index in [0.29, 0.717) is 24.8 Å². The first-order chi connectivity index (χ1) is 6.48. The summed E-state index contributed by atoms with van der Waals surface area (Å²) in [6.07, 6.45) is 2.47. The number of hydrogen-bond acceptors (Lipinski definition) is 2. The van der Waals surface area contributed by atoms with Crippen LogP contribution in [-0.2, 0) is 10.0 Å². The standard InChI is InChI=1S/C9H20ClNO2S/c1-9(2)5-3-7-11-14(12,13)8-4-6-10/h9,11H,3-8H2,1-2H3. The minimum absolute atomic E-state index is 0.137. The van der Waals surface area contributed by atoms with Crippen molar-refractivity contribution >= 4 is 21.6 Å². The molecule has 0 saturated carbocycles. The van der Waals surface area contributed by atoms with E-state index < -0.39 is 10.0 Å². The molecule has 0 amide bonds. The molecule has 0 rings (SSSR count). The molecule has 0 aliphatic carbocycles. The molecule has 0 unspecified atom stereocenters. The third kappa shape index (κ3) is 8.78. The second-order valence-electron chi connectivity index (χ2n) is 3.79. The smallest absolute Gasteiger partial charge is 0.211 e. The molecule has 14 heavy (non-hydrogen) atoms. The molecule has 0 aromatic carbocycles. The van der Waals surface area contributed by atoms with Crippen molar-refractivity contribution in [2.24, 2.45) is 5.92 Å². The highest BCUT2D eigenvalue weighted by Crippen LogP contribution is 2.02. The summed E-state index contributed by atoms with van der Waals surface area (Å²) in [6, 6.07) is 0. The molecule has 0 spiro atoms. The molecular weight excluding hydrogens is 222 g/mol. The molecule has 5 heteroatoms. The molecule has 1 N–H and O–H groups in total. The van der Waals surface area contributed by atoms with E-state index in [2.05, 4.69) is 18.6 Å². The quantitative estimate of drug-likeness (QED) is 0.522. The summed E-state index contributed by atoms with van der Waals surface area (Å²) in [5.74, 6) is 1.16. The van der Waals surface area contributed by atoms with E-state index in [4.69, 9.17) is 11.6 Å². The Morgan fingerprint density at radius 1 is 1.29 bits per heavy atom. The molecule has 0 saturated heterocycles. The average molecular weight is 242 g/mol. The monoisotopic (exact) mass is 241 g/mol. The minimum atomic E-state index is -3.08. The molecule has 0 aromatic heterocycles. The molecule has 0 heterocycles. The van der Waals surface area contributed by atoms with Gasteiger partial charge in [0.2, 0.25) is 10.0 Å². The van der Waals surface area contributed by atoms with Gasteiger partial charge in [0.25, 0.3) is 0 Å². The maximum absolute atomic E-state index is 11.3. The van der Waals surface area contributed by atoms with Crippen molar-refractivity contribution in [1.29, 1.82) is 0 Å². The van der Waals surface area contributed by atoms with Gasteiger partial charge in [0, 0.05) is 12.4 Å². The van der Waals surface area contributed by atoms with Crippen LogP contribution < -0.4 is 4.72 Å². The summed E-state index contributed by atoms with van der Waals surface area (Å²) >= 11 is 5.42. The van der Waals surface area contributed by atoms with Gasteiger partial charge in [-0.1, -0.05) is 13.8 Å². The maximum Gasteiger partial charge on any atom is 0.211 e. The van der Waals surface area contributed by atoms with Gasteiger partial charge in [0.15, 0.2) is 0 Å². The van der Waals surface area contributed by atoms with Crippen molar-refractivity contribution in [3.05, 3.63) is 0 Å². The van der Waals surface area contributed by atoms with Crippen LogP contribution in [0.2, 0.25) is 0 Å². The van der Waals surface area contributed by atoms with Gasteiger partial charge in [-0.15, -0.1) is 11.6 Å². The van der Waals surface area contributed by atoms with Crippen LogP contribution in [-0.4, -0.2) is 26.6 Å². The van der Waals surface area contributed by atoms with E-state index in [1.807, 2.05) is 0 Å². The molecule has 0 radical (unpaired) electrons. The molecule has 0 bridgehead atoms. The van der Waals surface area contributed by atoms with Crippen LogP contribution in [0, 0.1) is 5.92 Å². The van der Waals surface area contributed by atoms with Crippen molar-refractivity contribution in [1.82, 2.24) is 4.72 Å². The van der Waals surface area contributed by atoms with Crippen molar-refractivity contribution in [2.75, 3.05) is 18.2 Å². The van der Waals surface area contributed by atoms with Crippen LogP contribution in [0.4, 0.5) is 0 Å². The van der Waals surface area contributed by atoms with Gasteiger partial charge in [0.05, 0.1) is 5.75 Å². The van der Waals surface area contributed by atoms with Crippen LogP contribution in [0.25, 0.3) is 0 Å². The summed E-state index contributed by atoms with van der Waals surface area (Å²) in [5, 5.41) is 0. The highest BCUT2D eigenvalue weighted by Gasteiger charge is 2.08. The van der Waals surface area contributed by atoms with Crippen molar-refractivity contribution in [2.45, 2.75) is 33.1 Å². The van der Waals surface area contributed by atoms with Crippen LogP contribution in [0.3, 0.4) is 0 Å². The molecule has 86 valence electrons. The van der Waals surface area contributed by atoms with Gasteiger partial charge in [0.1, 0.15) is 0 Å². The molecule has 0 aliphatic rings. The second kappa shape index (κ2) is 7.49. The number of alkyl halides is 1. The number of halogens is 1. The zero-order valence-corrected chi connectivity index (χ0v) is 10.5. The first-order valence-corrected chi connectivity index (χ1v) is 7.20. The average Bonchev–Trinajstić information content (AvgIpc) is 2.09. The lowest BCUT2D eigenvalue weighted by atomic mass is 10.1. The lowest BCUT2D eigenvalue weighted by molar-refractivity contribution is 0.539. The fourth-order valence-electron chi connectivity index (χ4n) is 1.05. The van der Waals surface area contributed by atoms with E-state index in [1.54, 1.807) is 0 Å². The van der Waals surface area contributed by atoms with Gasteiger partial charge in [-0.25, -0.2) is 13.1 Å². The van der Waals surface area contributed by atoms with Crippen LogP contribution in [0.5, 0.6) is 0 Å². The van der Waals surface area contributed by atoms with Gasteiger partial charge in [-0.05, 0) is 25.2 Å². The Morgan fingerprint density at radius 3 is 2.43 bits per heavy atom. The molecular formula is C9H20ClNO2S. The van der Waals surface area contributed by atoms with E-state index in [1.165, 1.54) is 0 Å². The molecule has 3 nitrogen and oxygen atoms in total. The Bertz CT molecular complexity index is 227. The molecule has 0 fully saturated rings. The Kier molecular flexibility index (Phi) is 7.59. The van der Waals surface area contributed by atoms with Gasteiger partial charge < -0.3 is 0 Å². The lowest BCUT2D eigenvalue weighted by Gasteiger charge is -2.06. The maximum atomic E-state index is 11.3. The summed E-state index contributed by atoms with van der Waals surface area (Å²) in [5.41, 5.74) is 0. The number of nitrogens with one attached hydrogen (secondary N) is 1. The molecule has 0 aromatic rings. The highest BCUT2D eigenvalue weighted by molar-refractivity contribution is 7.89. The number of hydrogen-bond donors (Lipinski definition) is 1. The lowest BCUT2D eigenvalue weighted by Crippen LogP contribution is -2.27. The van der Waals surface area contributed by atoms with Crippen molar-refractivity contribution in [3.63, 3.8) is 0 Å². The SMILES string of the molecule is CC(C)CCCNS(=O)(=O)CCCCl. The molecule has 0 aliphatic heterocycles. The van der Waals surface area contributed by atoms with Crippen LogP contribution in [0.1, 0.15) is 33.1 Å². The predicted octanol–water partition coefficient (Wildman–Crippen LogP) is 1.97. The van der Waals surface area contributed by atoms with E-state index >= 15 is 0 Å². The van der Waals surface area contributed by atoms with Crippen molar-refractivity contribution in [3.8, 4) is 0 Å². The van der Waals surface area contributed by atoms with E-state index in [9.17, 15) is 8.42 Å². The van der Waals surface area contributed by atoms with Gasteiger partial charge >= 0.3 is 0 Å². The Labute approximate surface area is 92.3 Å². The largest absolute Gasteiger partial charge is 0.215 e. The Balaban J connectivity index is 3.56. The zero-order chi connectivity index (χ0) is 11.0. The van der Waals surface area contributed by atoms with Crippen molar-refractivity contribution < 1.29 is 8.42 Å². The fraction of sp³-hybridized carbons (Fsp3) is 1.00. The summed E-state index contributed by atoms with van der Waals surface area (Å²) < 4.78 is 25.1. The summed E-state index contributed by atoms with van der Waals surface area (Å²) in [7, 11) is -3.08. The first kappa shape index (κ1) is 14.2. The van der Waals surface area contributed by atoms with E-state index in [0.717, 1.165) is 12.8 Å². The fourth-order valence-corrected chi connectivity index (χ4v) is 2.47. The Morgan fingerprint density at radius 2 is 1.93 bits per heavy atom. The molecule has 0 atom stereocenters. The van der Waals surface area contributed by atoms with Crippen LogP contribution in [0.15, 0.2) is 0 Å². The summed E-state index contributed by atoms with van der Waals surface area (Å²) in [4.78, 5) is 0. The second-order valence-corrected chi connectivity index (χ2v) is 6.10. The number of rotatable bonds is 8. The van der Waals surface area contributed by atoms with Gasteiger partial charge in [-0.3, -0.25) is 0 Å². The minimum Gasteiger partial charge on any atom is -0.215 e. The topological polar surface area (TPSA) is 46.2 Å². The first-order valence-electron chi connectivity index (χ1n) is 5.01. The zero-order valence-electron chi connectivity index (χ0n) is 8.92. The van der Waals surface area contributed by atoms with Crippen LogP contribution >= 0.6 is 11.6 Å². The third-order valence-corrected chi connectivity index (χ3v) is 3.56. The highest BCUT2D eigenvalue weighted by atomic mass is 35.5. The third-order valence-electron chi connectivity index (χ3n) is 1.83. The summed E-state index contributed by atoms with van der Waals surface area (Å²) in [6.45, 7) is 4.80.